The lowest BCUT2D eigenvalue weighted by molar-refractivity contribution is 0.479. The van der Waals surface area contributed by atoms with Crippen LogP contribution in [0.5, 0.6) is 5.75 Å². The lowest BCUT2D eigenvalue weighted by atomic mass is 10.2. The molecule has 1 aromatic heterocycles. The van der Waals surface area contributed by atoms with E-state index in [2.05, 4.69) is 15.4 Å². The summed E-state index contributed by atoms with van der Waals surface area (Å²) in [5.41, 5.74) is -0.575. The minimum atomic E-state index is -4.52. The van der Waals surface area contributed by atoms with Crippen LogP contribution in [0.15, 0.2) is 22.3 Å². The molecule has 9 heteroatoms. The summed E-state index contributed by atoms with van der Waals surface area (Å²) in [6, 6.07) is 0.773. The fraction of sp³-hybridized carbons (Fsp3) is 0. The van der Waals surface area contributed by atoms with Crippen LogP contribution in [-0.4, -0.2) is 28.3 Å². The lowest BCUT2D eigenvalue weighted by Gasteiger charge is -2.02. The number of nitroso groups, excluding NO2 is 1. The number of benzene rings is 1. The molecule has 2 aromatic rings. The molecule has 1 heterocycles. The highest BCUT2D eigenvalue weighted by atomic mass is 32.2. The van der Waals surface area contributed by atoms with Crippen molar-refractivity contribution in [3.8, 4) is 5.75 Å². The molecule has 0 unspecified atom stereocenters. The van der Waals surface area contributed by atoms with Gasteiger partial charge in [-0.1, -0.05) is 0 Å². The van der Waals surface area contributed by atoms with E-state index in [0.29, 0.717) is 0 Å². The Morgan fingerprint density at radius 2 is 2.12 bits per heavy atom. The Labute approximate surface area is 88.6 Å². The van der Waals surface area contributed by atoms with E-state index < -0.39 is 26.5 Å². The summed E-state index contributed by atoms with van der Waals surface area (Å²) in [7, 11) is -4.52. The van der Waals surface area contributed by atoms with Gasteiger partial charge in [-0.25, -0.2) is 0 Å². The zero-order valence-corrected chi connectivity index (χ0v) is 8.39. The van der Waals surface area contributed by atoms with E-state index >= 15 is 0 Å². The number of hydrogen-bond acceptors (Lipinski definition) is 6. The monoisotopic (exact) mass is 243 g/mol. The molecule has 0 aliphatic carbocycles. The molecule has 2 rings (SSSR count). The Morgan fingerprint density at radius 3 is 2.69 bits per heavy atom. The molecule has 0 saturated heterocycles. The molecular formula is C7H5N3O5S. The number of aromatic nitrogens is 2. The highest BCUT2D eigenvalue weighted by Gasteiger charge is 2.21. The molecule has 0 bridgehead atoms. The van der Waals surface area contributed by atoms with E-state index in [1.807, 2.05) is 0 Å². The van der Waals surface area contributed by atoms with Crippen molar-refractivity contribution in [3.05, 3.63) is 17.2 Å². The third-order valence-corrected chi connectivity index (χ3v) is 2.92. The molecule has 0 fully saturated rings. The SMILES string of the molecule is O=Nc1cc(S(=O)(=O)O)c2cn[nH]c2c1O. The largest absolute Gasteiger partial charge is 0.504 e. The fourth-order valence-electron chi connectivity index (χ4n) is 1.33. The van der Waals surface area contributed by atoms with Gasteiger partial charge in [-0.2, -0.15) is 13.5 Å². The quantitative estimate of drug-likeness (QED) is 0.530. The number of aromatic hydroxyl groups is 1. The predicted octanol–water partition coefficient (Wildman–Crippen LogP) is 0.913. The maximum absolute atomic E-state index is 11.0. The fourth-order valence-corrected chi connectivity index (χ4v) is 2.03. The molecule has 0 atom stereocenters. The zero-order valence-electron chi connectivity index (χ0n) is 7.58. The first-order valence-corrected chi connectivity index (χ1v) is 5.39. The van der Waals surface area contributed by atoms with Crippen LogP contribution in [0.4, 0.5) is 5.69 Å². The Balaban J connectivity index is 3.00. The second-order valence-corrected chi connectivity index (χ2v) is 4.36. The summed E-state index contributed by atoms with van der Waals surface area (Å²) < 4.78 is 30.9. The van der Waals surface area contributed by atoms with E-state index in [1.54, 1.807) is 0 Å². The Bertz CT molecular complexity index is 675. The Kier molecular flexibility index (Phi) is 2.14. The summed E-state index contributed by atoms with van der Waals surface area (Å²) in [5.74, 6) is -0.519. The van der Waals surface area contributed by atoms with Gasteiger partial charge in [0.2, 0.25) is 0 Å². The maximum atomic E-state index is 11.0. The summed E-state index contributed by atoms with van der Waals surface area (Å²) in [6.45, 7) is 0. The first kappa shape index (κ1) is 10.5. The zero-order chi connectivity index (χ0) is 11.9. The molecule has 3 N–H and O–H groups in total. The van der Waals surface area contributed by atoms with Crippen LogP contribution in [0.2, 0.25) is 0 Å². The van der Waals surface area contributed by atoms with Gasteiger partial charge in [-0.15, -0.1) is 4.91 Å². The molecule has 8 nitrogen and oxygen atoms in total. The number of fused-ring (bicyclic) bond motifs is 1. The van der Waals surface area contributed by atoms with Gasteiger partial charge in [-0.3, -0.25) is 9.65 Å². The molecule has 0 aliphatic heterocycles. The Morgan fingerprint density at radius 1 is 1.44 bits per heavy atom. The van der Waals surface area contributed by atoms with Crippen molar-refractivity contribution in [2.45, 2.75) is 4.90 Å². The van der Waals surface area contributed by atoms with E-state index in [9.17, 15) is 18.4 Å². The van der Waals surface area contributed by atoms with E-state index in [1.165, 1.54) is 0 Å². The topological polar surface area (TPSA) is 133 Å². The molecule has 0 aliphatic rings. The van der Waals surface area contributed by atoms with E-state index in [-0.39, 0.29) is 10.9 Å². The molecule has 84 valence electrons. The van der Waals surface area contributed by atoms with Crippen LogP contribution >= 0.6 is 0 Å². The van der Waals surface area contributed by atoms with Crippen molar-refractivity contribution in [2.75, 3.05) is 0 Å². The second kappa shape index (κ2) is 3.25. The lowest BCUT2D eigenvalue weighted by Crippen LogP contribution is -1.98. The molecular weight excluding hydrogens is 238 g/mol. The number of nitrogens with one attached hydrogen (secondary N) is 1. The molecule has 0 spiro atoms. The standard InChI is InChI=1S/C7H5N3O5S/c11-7-4(10-12)1-5(16(13,14)15)3-2-8-9-6(3)7/h1-2,11H,(H,8,9)(H,13,14,15). The second-order valence-electron chi connectivity index (χ2n) is 2.97. The van der Waals surface area contributed by atoms with Gasteiger partial charge in [0, 0.05) is 5.39 Å². The van der Waals surface area contributed by atoms with Crippen molar-refractivity contribution < 1.29 is 18.1 Å². The van der Waals surface area contributed by atoms with Crippen molar-refractivity contribution in [1.29, 1.82) is 0 Å². The van der Waals surface area contributed by atoms with Gasteiger partial charge in [0.1, 0.15) is 10.4 Å². The van der Waals surface area contributed by atoms with Crippen LogP contribution < -0.4 is 0 Å². The van der Waals surface area contributed by atoms with Crippen LogP contribution in [0.3, 0.4) is 0 Å². The first-order chi connectivity index (χ1) is 7.45. The number of aromatic amines is 1. The molecule has 0 amide bonds. The Hall–Kier alpha value is -2.00. The summed E-state index contributed by atoms with van der Waals surface area (Å²) in [5, 5.41) is 17.7. The molecule has 1 aromatic carbocycles. The maximum Gasteiger partial charge on any atom is 0.295 e. The predicted molar refractivity (Wildman–Crippen MR) is 53.0 cm³/mol. The van der Waals surface area contributed by atoms with Gasteiger partial charge in [0.25, 0.3) is 10.1 Å². The molecule has 0 radical (unpaired) electrons. The number of phenolic OH excluding ortho intramolecular Hbond substituents is 1. The average molecular weight is 243 g/mol. The minimum Gasteiger partial charge on any atom is -0.504 e. The van der Waals surface area contributed by atoms with E-state index in [0.717, 1.165) is 12.3 Å². The average Bonchev–Trinajstić information content (AvgIpc) is 2.65. The van der Waals surface area contributed by atoms with Gasteiger partial charge in [-0.05, 0) is 11.2 Å². The normalized spacial score (nSPS) is 11.8. The highest BCUT2D eigenvalue weighted by Crippen LogP contribution is 2.37. The smallest absolute Gasteiger partial charge is 0.295 e. The van der Waals surface area contributed by atoms with Crippen LogP contribution in [0.25, 0.3) is 10.9 Å². The number of phenols is 1. The van der Waals surface area contributed by atoms with Crippen molar-refractivity contribution >= 4 is 26.7 Å². The number of nitrogens with zero attached hydrogens (tertiary/aromatic N) is 2. The van der Waals surface area contributed by atoms with Crippen LogP contribution in [0, 0.1) is 4.91 Å². The number of hydrogen-bond donors (Lipinski definition) is 3. The van der Waals surface area contributed by atoms with Crippen LogP contribution in [0.1, 0.15) is 0 Å². The van der Waals surface area contributed by atoms with Gasteiger partial charge in [0.05, 0.1) is 6.20 Å². The minimum absolute atomic E-state index is 0.0209. The third kappa shape index (κ3) is 1.42. The molecule has 0 saturated carbocycles. The highest BCUT2D eigenvalue weighted by molar-refractivity contribution is 7.86. The van der Waals surface area contributed by atoms with Crippen molar-refractivity contribution in [1.82, 2.24) is 10.2 Å². The number of H-pyrrole nitrogens is 1. The number of rotatable bonds is 2. The molecule has 16 heavy (non-hydrogen) atoms. The first-order valence-electron chi connectivity index (χ1n) is 3.95. The van der Waals surface area contributed by atoms with E-state index in [4.69, 9.17) is 4.55 Å². The van der Waals surface area contributed by atoms with Gasteiger partial charge >= 0.3 is 0 Å². The summed E-state index contributed by atoms with van der Waals surface area (Å²) in [4.78, 5) is 9.81. The van der Waals surface area contributed by atoms with Crippen LogP contribution in [-0.2, 0) is 10.1 Å². The summed E-state index contributed by atoms with van der Waals surface area (Å²) in [6.07, 6.45) is 1.10. The summed E-state index contributed by atoms with van der Waals surface area (Å²) >= 11 is 0. The van der Waals surface area contributed by atoms with Crippen molar-refractivity contribution in [3.63, 3.8) is 0 Å². The van der Waals surface area contributed by atoms with Gasteiger partial charge in [0.15, 0.2) is 11.4 Å². The van der Waals surface area contributed by atoms with Crippen molar-refractivity contribution in [2.24, 2.45) is 5.18 Å². The third-order valence-electron chi connectivity index (χ3n) is 2.03. The van der Waals surface area contributed by atoms with Gasteiger partial charge < -0.3 is 5.11 Å².